The molecule has 1 fully saturated rings. The number of hydrogen-bond donors (Lipinski definition) is 1. The lowest BCUT2D eigenvalue weighted by molar-refractivity contribution is -0.136. The number of likely N-dealkylation sites (tertiary alicyclic amines) is 1. The summed E-state index contributed by atoms with van der Waals surface area (Å²) in [6.07, 6.45) is 3.47. The zero-order valence-corrected chi connectivity index (χ0v) is 12.4. The zero-order valence-electron chi connectivity index (χ0n) is 12.4. The van der Waals surface area contributed by atoms with Crippen LogP contribution in [-0.4, -0.2) is 41.4 Å². The van der Waals surface area contributed by atoms with Gasteiger partial charge in [-0.25, -0.2) is 4.98 Å². The molecule has 2 heterocycles. The van der Waals surface area contributed by atoms with Gasteiger partial charge in [0.05, 0.1) is 19.4 Å². The third-order valence-electron chi connectivity index (χ3n) is 3.97. The molecule has 0 saturated carbocycles. The molecule has 2 atom stereocenters. The van der Waals surface area contributed by atoms with E-state index in [0.29, 0.717) is 12.4 Å². The SMILES string of the molecule is COc1ccc(CC(=O)N2C[C@H](C(N)=O)CC[C@@H]2C)cn1. The lowest BCUT2D eigenvalue weighted by Crippen LogP contribution is -2.49. The molecule has 1 saturated heterocycles. The monoisotopic (exact) mass is 291 g/mol. The molecule has 0 unspecified atom stereocenters. The number of rotatable bonds is 4. The zero-order chi connectivity index (χ0) is 15.4. The Labute approximate surface area is 124 Å². The van der Waals surface area contributed by atoms with Gasteiger partial charge in [-0.1, -0.05) is 6.07 Å². The summed E-state index contributed by atoms with van der Waals surface area (Å²) in [7, 11) is 1.55. The smallest absolute Gasteiger partial charge is 0.227 e. The predicted octanol–water partition coefficient (Wildman–Crippen LogP) is 0.745. The number of methoxy groups -OCH3 is 1. The van der Waals surface area contributed by atoms with Gasteiger partial charge in [0.1, 0.15) is 0 Å². The fourth-order valence-electron chi connectivity index (χ4n) is 2.60. The van der Waals surface area contributed by atoms with Gasteiger partial charge >= 0.3 is 0 Å². The van der Waals surface area contributed by atoms with Crippen LogP contribution in [0.4, 0.5) is 0 Å². The number of pyridine rings is 1. The normalized spacial score (nSPS) is 21.9. The molecule has 0 aromatic carbocycles. The van der Waals surface area contributed by atoms with E-state index < -0.39 is 0 Å². The van der Waals surface area contributed by atoms with E-state index in [0.717, 1.165) is 18.4 Å². The second-order valence-corrected chi connectivity index (χ2v) is 5.46. The van der Waals surface area contributed by atoms with Gasteiger partial charge in [-0.15, -0.1) is 0 Å². The Bertz CT molecular complexity index is 515. The highest BCUT2D eigenvalue weighted by Crippen LogP contribution is 2.22. The first-order valence-corrected chi connectivity index (χ1v) is 7.09. The largest absolute Gasteiger partial charge is 0.481 e. The van der Waals surface area contributed by atoms with Gasteiger partial charge in [0.2, 0.25) is 17.7 Å². The van der Waals surface area contributed by atoms with Crippen LogP contribution in [-0.2, 0) is 16.0 Å². The Kier molecular flexibility index (Phi) is 4.77. The van der Waals surface area contributed by atoms with Crippen LogP contribution in [0.2, 0.25) is 0 Å². The second-order valence-electron chi connectivity index (χ2n) is 5.46. The molecule has 2 amide bonds. The van der Waals surface area contributed by atoms with Crippen LogP contribution >= 0.6 is 0 Å². The van der Waals surface area contributed by atoms with Gasteiger partial charge in [-0.2, -0.15) is 0 Å². The Balaban J connectivity index is 2.01. The summed E-state index contributed by atoms with van der Waals surface area (Å²) < 4.78 is 4.99. The molecule has 0 spiro atoms. The van der Waals surface area contributed by atoms with Crippen molar-refractivity contribution in [3.63, 3.8) is 0 Å². The highest BCUT2D eigenvalue weighted by molar-refractivity contribution is 5.81. The van der Waals surface area contributed by atoms with Gasteiger partial charge < -0.3 is 15.4 Å². The third kappa shape index (κ3) is 3.71. The lowest BCUT2D eigenvalue weighted by Gasteiger charge is -2.37. The Hall–Kier alpha value is -2.11. The van der Waals surface area contributed by atoms with E-state index >= 15 is 0 Å². The number of carbonyl (C=O) groups is 2. The molecular weight excluding hydrogens is 270 g/mol. The van der Waals surface area contributed by atoms with E-state index in [1.54, 1.807) is 24.3 Å². The first-order chi connectivity index (χ1) is 10.0. The summed E-state index contributed by atoms with van der Waals surface area (Å²) in [4.78, 5) is 29.6. The highest BCUT2D eigenvalue weighted by atomic mass is 16.5. The van der Waals surface area contributed by atoms with Crippen LogP contribution in [0.5, 0.6) is 5.88 Å². The van der Waals surface area contributed by atoms with Crippen LogP contribution in [0.25, 0.3) is 0 Å². The molecule has 1 aromatic heterocycles. The van der Waals surface area contributed by atoms with E-state index in [9.17, 15) is 9.59 Å². The van der Waals surface area contributed by atoms with Crippen molar-refractivity contribution in [1.82, 2.24) is 9.88 Å². The van der Waals surface area contributed by atoms with Gasteiger partial charge in [-0.3, -0.25) is 9.59 Å². The Morgan fingerprint density at radius 3 is 2.76 bits per heavy atom. The minimum Gasteiger partial charge on any atom is -0.481 e. The average molecular weight is 291 g/mol. The van der Waals surface area contributed by atoms with E-state index in [4.69, 9.17) is 10.5 Å². The Morgan fingerprint density at radius 2 is 2.19 bits per heavy atom. The van der Waals surface area contributed by atoms with Gasteiger partial charge in [0, 0.05) is 24.8 Å². The maximum Gasteiger partial charge on any atom is 0.227 e. The standard InChI is InChI=1S/C15H21N3O3/c1-10-3-5-12(15(16)20)9-18(10)14(19)7-11-4-6-13(21-2)17-8-11/h4,6,8,10,12H,3,5,7,9H2,1-2H3,(H2,16,20)/t10-,12+/m0/s1. The minimum absolute atomic E-state index is 0.000386. The molecule has 1 aliphatic rings. The molecule has 0 radical (unpaired) electrons. The summed E-state index contributed by atoms with van der Waals surface area (Å²) in [6, 6.07) is 3.69. The number of amides is 2. The Morgan fingerprint density at radius 1 is 1.43 bits per heavy atom. The number of nitrogens with two attached hydrogens (primary N) is 1. The fourth-order valence-corrected chi connectivity index (χ4v) is 2.60. The highest BCUT2D eigenvalue weighted by Gasteiger charge is 2.31. The van der Waals surface area contributed by atoms with Crippen molar-refractivity contribution in [3.8, 4) is 5.88 Å². The van der Waals surface area contributed by atoms with Crippen LogP contribution in [0.1, 0.15) is 25.3 Å². The molecule has 2 N–H and O–H groups in total. The molecule has 2 rings (SSSR count). The molecule has 6 heteroatoms. The van der Waals surface area contributed by atoms with E-state index in [-0.39, 0.29) is 30.2 Å². The van der Waals surface area contributed by atoms with E-state index in [1.807, 2.05) is 13.0 Å². The van der Waals surface area contributed by atoms with E-state index in [2.05, 4.69) is 4.98 Å². The summed E-state index contributed by atoms with van der Waals surface area (Å²) in [5, 5.41) is 0. The van der Waals surface area contributed by atoms with Crippen molar-refractivity contribution >= 4 is 11.8 Å². The molecule has 1 aliphatic heterocycles. The molecular formula is C15H21N3O3. The van der Waals surface area contributed by atoms with Crippen LogP contribution in [0.3, 0.4) is 0 Å². The molecule has 0 bridgehead atoms. The number of piperidine rings is 1. The van der Waals surface area contributed by atoms with Crippen molar-refractivity contribution in [3.05, 3.63) is 23.9 Å². The molecule has 0 aliphatic carbocycles. The minimum atomic E-state index is -0.328. The maximum atomic E-state index is 12.4. The molecule has 1 aromatic rings. The summed E-state index contributed by atoms with van der Waals surface area (Å²) in [6.45, 7) is 2.42. The summed E-state index contributed by atoms with van der Waals surface area (Å²) in [5.74, 6) is -0.0447. The van der Waals surface area contributed by atoms with Crippen LogP contribution < -0.4 is 10.5 Å². The van der Waals surface area contributed by atoms with Gasteiger partial charge in [0.15, 0.2) is 0 Å². The number of aromatic nitrogens is 1. The van der Waals surface area contributed by atoms with Crippen LogP contribution in [0.15, 0.2) is 18.3 Å². The topological polar surface area (TPSA) is 85.5 Å². The summed E-state index contributed by atoms with van der Waals surface area (Å²) >= 11 is 0. The maximum absolute atomic E-state index is 12.4. The van der Waals surface area contributed by atoms with Crippen molar-refractivity contribution in [2.75, 3.05) is 13.7 Å². The quantitative estimate of drug-likeness (QED) is 0.886. The number of carbonyl (C=O) groups excluding carboxylic acids is 2. The first-order valence-electron chi connectivity index (χ1n) is 7.09. The molecule has 21 heavy (non-hydrogen) atoms. The summed E-state index contributed by atoms with van der Waals surface area (Å²) in [5.41, 5.74) is 6.19. The fraction of sp³-hybridized carbons (Fsp3) is 0.533. The van der Waals surface area contributed by atoms with Crippen molar-refractivity contribution in [2.24, 2.45) is 11.7 Å². The first kappa shape index (κ1) is 15.3. The molecule has 6 nitrogen and oxygen atoms in total. The number of ether oxygens (including phenoxy) is 1. The number of hydrogen-bond acceptors (Lipinski definition) is 4. The average Bonchev–Trinajstić information content (AvgIpc) is 2.48. The van der Waals surface area contributed by atoms with Crippen LogP contribution in [0, 0.1) is 5.92 Å². The van der Waals surface area contributed by atoms with Crippen molar-refractivity contribution < 1.29 is 14.3 Å². The number of primary amides is 1. The van der Waals surface area contributed by atoms with E-state index in [1.165, 1.54) is 0 Å². The predicted molar refractivity (Wildman–Crippen MR) is 77.6 cm³/mol. The third-order valence-corrected chi connectivity index (χ3v) is 3.97. The van der Waals surface area contributed by atoms with Crippen molar-refractivity contribution in [1.29, 1.82) is 0 Å². The van der Waals surface area contributed by atoms with Gasteiger partial charge in [0.25, 0.3) is 0 Å². The lowest BCUT2D eigenvalue weighted by atomic mass is 9.92. The molecule has 114 valence electrons. The van der Waals surface area contributed by atoms with Gasteiger partial charge in [-0.05, 0) is 25.3 Å². The second kappa shape index (κ2) is 6.56. The van der Waals surface area contributed by atoms with Crippen molar-refractivity contribution in [2.45, 2.75) is 32.2 Å². The number of nitrogens with zero attached hydrogens (tertiary/aromatic N) is 2.